The molecule has 1 aliphatic heterocycles. The molecule has 1 saturated heterocycles. The Morgan fingerprint density at radius 2 is 1.68 bits per heavy atom. The van der Waals surface area contributed by atoms with Gasteiger partial charge in [-0.15, -0.1) is 0 Å². The summed E-state index contributed by atoms with van der Waals surface area (Å²) in [5.74, 6) is 1.44. The normalized spacial score (nSPS) is 25.4. The standard InChI is InChI=1S/C27H34N2O2/c1-2-3-16-27(31,24-12-8-5-9-13-24)26(30)28-17-25-22-14-15-23(25)20-29(19-22)18-21-10-6-4-7-11-21/h2-13,22-23,25,31H,14-20H2,1H3,(H,28,30). The monoisotopic (exact) mass is 418 g/mol. The van der Waals surface area contributed by atoms with Gasteiger partial charge in [-0.2, -0.15) is 0 Å². The van der Waals surface area contributed by atoms with Crippen LogP contribution in [0.1, 0.15) is 37.3 Å². The number of piperidine rings is 1. The summed E-state index contributed by atoms with van der Waals surface area (Å²) >= 11 is 0. The fraction of sp³-hybridized carbons (Fsp3) is 0.444. The van der Waals surface area contributed by atoms with Crippen molar-refractivity contribution in [1.82, 2.24) is 10.2 Å². The maximum absolute atomic E-state index is 13.1. The molecule has 31 heavy (non-hydrogen) atoms. The molecule has 0 radical (unpaired) electrons. The number of allylic oxidation sites excluding steroid dienone is 1. The smallest absolute Gasteiger partial charge is 0.256 e. The van der Waals surface area contributed by atoms with Crippen molar-refractivity contribution in [2.45, 2.75) is 38.3 Å². The third-order valence-corrected chi connectivity index (χ3v) is 7.13. The summed E-state index contributed by atoms with van der Waals surface area (Å²) in [6.07, 6.45) is 6.49. The third kappa shape index (κ3) is 4.91. The van der Waals surface area contributed by atoms with E-state index in [2.05, 4.69) is 40.5 Å². The first-order valence-corrected chi connectivity index (χ1v) is 11.5. The fourth-order valence-electron chi connectivity index (χ4n) is 5.44. The minimum Gasteiger partial charge on any atom is -0.375 e. The summed E-state index contributed by atoms with van der Waals surface area (Å²) in [6.45, 7) is 5.74. The lowest BCUT2D eigenvalue weighted by Gasteiger charge is -2.38. The fourth-order valence-corrected chi connectivity index (χ4v) is 5.44. The topological polar surface area (TPSA) is 52.6 Å². The van der Waals surface area contributed by atoms with Crippen LogP contribution in [-0.4, -0.2) is 35.5 Å². The van der Waals surface area contributed by atoms with Gasteiger partial charge in [0.05, 0.1) is 0 Å². The largest absolute Gasteiger partial charge is 0.375 e. The van der Waals surface area contributed by atoms with E-state index in [1.54, 1.807) is 0 Å². The minimum absolute atomic E-state index is 0.279. The first-order valence-electron chi connectivity index (χ1n) is 11.5. The number of benzene rings is 2. The summed E-state index contributed by atoms with van der Waals surface area (Å²) in [4.78, 5) is 15.7. The van der Waals surface area contributed by atoms with Gasteiger partial charge in [0.1, 0.15) is 0 Å². The molecule has 3 atom stereocenters. The van der Waals surface area contributed by atoms with Crippen LogP contribution in [0.15, 0.2) is 72.8 Å². The van der Waals surface area contributed by atoms with E-state index in [0.29, 0.717) is 29.9 Å². The first kappa shape index (κ1) is 21.8. The third-order valence-electron chi connectivity index (χ3n) is 7.13. The second-order valence-corrected chi connectivity index (χ2v) is 9.15. The van der Waals surface area contributed by atoms with Gasteiger partial charge < -0.3 is 10.4 Å². The molecule has 2 aliphatic rings. The van der Waals surface area contributed by atoms with Crippen LogP contribution in [0, 0.1) is 17.8 Å². The van der Waals surface area contributed by atoms with Gasteiger partial charge in [0, 0.05) is 32.6 Å². The van der Waals surface area contributed by atoms with Gasteiger partial charge >= 0.3 is 0 Å². The van der Waals surface area contributed by atoms with Crippen molar-refractivity contribution in [3.8, 4) is 0 Å². The molecule has 2 bridgehead atoms. The molecule has 4 nitrogen and oxygen atoms in total. The number of aliphatic hydroxyl groups is 1. The number of rotatable bonds is 8. The van der Waals surface area contributed by atoms with Gasteiger partial charge in [-0.3, -0.25) is 9.69 Å². The molecule has 2 aromatic carbocycles. The average molecular weight is 419 g/mol. The Kier molecular flexibility index (Phi) is 6.89. The Morgan fingerprint density at radius 1 is 1.06 bits per heavy atom. The summed E-state index contributed by atoms with van der Waals surface area (Å²) in [5, 5.41) is 14.4. The van der Waals surface area contributed by atoms with Crippen molar-refractivity contribution >= 4 is 5.91 Å². The van der Waals surface area contributed by atoms with Crippen molar-refractivity contribution in [1.29, 1.82) is 0 Å². The minimum atomic E-state index is -1.53. The van der Waals surface area contributed by atoms with Crippen molar-refractivity contribution in [2.75, 3.05) is 19.6 Å². The number of hydrogen-bond donors (Lipinski definition) is 2. The van der Waals surface area contributed by atoms with E-state index >= 15 is 0 Å². The van der Waals surface area contributed by atoms with Crippen LogP contribution in [0.3, 0.4) is 0 Å². The molecule has 3 unspecified atom stereocenters. The second-order valence-electron chi connectivity index (χ2n) is 9.15. The summed E-state index contributed by atoms with van der Waals surface area (Å²) in [7, 11) is 0. The highest BCUT2D eigenvalue weighted by Crippen LogP contribution is 2.42. The Balaban J connectivity index is 1.38. The molecule has 4 rings (SSSR count). The molecule has 0 aromatic heterocycles. The van der Waals surface area contributed by atoms with Crippen LogP contribution in [0.2, 0.25) is 0 Å². The molecular weight excluding hydrogens is 384 g/mol. The molecule has 1 aliphatic carbocycles. The number of nitrogens with zero attached hydrogens (tertiary/aromatic N) is 1. The zero-order valence-electron chi connectivity index (χ0n) is 18.4. The summed E-state index contributed by atoms with van der Waals surface area (Å²) in [5.41, 5.74) is 0.484. The lowest BCUT2D eigenvalue weighted by Crippen LogP contribution is -2.49. The molecule has 4 heteroatoms. The molecule has 2 N–H and O–H groups in total. The molecular formula is C27H34N2O2. The molecule has 2 aromatic rings. The van der Waals surface area contributed by atoms with E-state index in [0.717, 1.165) is 19.6 Å². The Morgan fingerprint density at radius 3 is 2.29 bits per heavy atom. The number of nitrogens with one attached hydrogen (secondary N) is 1. The number of carbonyl (C=O) groups is 1. The van der Waals surface area contributed by atoms with Crippen molar-refractivity contribution in [3.05, 3.63) is 83.9 Å². The SMILES string of the molecule is CC=CCC(O)(C(=O)NCC1C2CCC1CN(Cc1ccccc1)C2)c1ccccc1. The Labute approximate surface area is 186 Å². The van der Waals surface area contributed by atoms with E-state index in [-0.39, 0.29) is 12.3 Å². The van der Waals surface area contributed by atoms with Gasteiger partial charge in [0.25, 0.3) is 5.91 Å². The maximum atomic E-state index is 13.1. The number of hydrogen-bond acceptors (Lipinski definition) is 3. The van der Waals surface area contributed by atoms with Crippen molar-refractivity contribution in [2.24, 2.45) is 17.8 Å². The lowest BCUT2D eigenvalue weighted by molar-refractivity contribution is -0.141. The number of likely N-dealkylation sites (tertiary alicyclic amines) is 1. The number of fused-ring (bicyclic) bond motifs is 2. The summed E-state index contributed by atoms with van der Waals surface area (Å²) in [6, 6.07) is 20.0. The van der Waals surface area contributed by atoms with E-state index in [1.165, 1.54) is 18.4 Å². The van der Waals surface area contributed by atoms with Crippen LogP contribution >= 0.6 is 0 Å². The average Bonchev–Trinajstić information content (AvgIpc) is 3.04. The first-order chi connectivity index (χ1) is 15.1. The predicted molar refractivity (Wildman–Crippen MR) is 124 cm³/mol. The molecule has 0 spiro atoms. The van der Waals surface area contributed by atoms with Crippen molar-refractivity contribution < 1.29 is 9.90 Å². The predicted octanol–water partition coefficient (Wildman–Crippen LogP) is 4.11. The Bertz CT molecular complexity index is 869. The zero-order chi connectivity index (χ0) is 21.7. The summed E-state index contributed by atoms with van der Waals surface area (Å²) < 4.78 is 0. The zero-order valence-corrected chi connectivity index (χ0v) is 18.4. The Hall–Kier alpha value is -2.43. The highest BCUT2D eigenvalue weighted by atomic mass is 16.3. The molecule has 1 amide bonds. The van der Waals surface area contributed by atoms with Crippen molar-refractivity contribution in [3.63, 3.8) is 0 Å². The number of amides is 1. The van der Waals surface area contributed by atoms with E-state index < -0.39 is 5.60 Å². The van der Waals surface area contributed by atoms with Crippen LogP contribution in [-0.2, 0) is 16.9 Å². The maximum Gasteiger partial charge on any atom is 0.256 e. The molecule has 1 heterocycles. The van der Waals surface area contributed by atoms with E-state index in [1.807, 2.05) is 49.4 Å². The quantitative estimate of drug-likeness (QED) is 0.634. The van der Waals surface area contributed by atoms with Gasteiger partial charge in [-0.05, 0) is 48.6 Å². The molecule has 164 valence electrons. The van der Waals surface area contributed by atoms with Gasteiger partial charge in [0.15, 0.2) is 5.60 Å². The van der Waals surface area contributed by atoms with Crippen LogP contribution in [0.25, 0.3) is 0 Å². The molecule has 2 fully saturated rings. The number of carbonyl (C=O) groups excluding carboxylic acids is 1. The highest BCUT2D eigenvalue weighted by molar-refractivity contribution is 5.86. The lowest BCUT2D eigenvalue weighted by atomic mass is 9.84. The van der Waals surface area contributed by atoms with Crippen LogP contribution in [0.5, 0.6) is 0 Å². The van der Waals surface area contributed by atoms with Gasteiger partial charge in [0.2, 0.25) is 0 Å². The van der Waals surface area contributed by atoms with E-state index in [9.17, 15) is 9.90 Å². The van der Waals surface area contributed by atoms with Gasteiger partial charge in [-0.1, -0.05) is 72.8 Å². The van der Waals surface area contributed by atoms with Gasteiger partial charge in [-0.25, -0.2) is 0 Å². The molecule has 1 saturated carbocycles. The van der Waals surface area contributed by atoms with Crippen LogP contribution < -0.4 is 5.32 Å². The highest BCUT2D eigenvalue weighted by Gasteiger charge is 2.43. The van der Waals surface area contributed by atoms with E-state index in [4.69, 9.17) is 0 Å². The van der Waals surface area contributed by atoms with Crippen LogP contribution in [0.4, 0.5) is 0 Å². The second kappa shape index (κ2) is 9.80.